The van der Waals surface area contributed by atoms with Gasteiger partial charge < -0.3 is 15.5 Å². The molecule has 2 aromatic carbocycles. The van der Waals surface area contributed by atoms with E-state index in [1.807, 2.05) is 23.1 Å². The molecule has 1 saturated heterocycles. The number of nitrogens with one attached hydrogen (secondary N) is 2. The van der Waals surface area contributed by atoms with Gasteiger partial charge in [-0.25, -0.2) is 4.39 Å². The lowest BCUT2D eigenvalue weighted by Gasteiger charge is -2.48. The zero-order chi connectivity index (χ0) is 27.6. The normalized spacial score (nSPS) is 24.5. The maximum atomic E-state index is 15.2. The van der Waals surface area contributed by atoms with Gasteiger partial charge >= 0.3 is 0 Å². The Labute approximate surface area is 235 Å². The van der Waals surface area contributed by atoms with Gasteiger partial charge in [-0.05, 0) is 86.4 Å². The van der Waals surface area contributed by atoms with Crippen LogP contribution in [-0.2, 0) is 4.79 Å². The van der Waals surface area contributed by atoms with Crippen LogP contribution in [0.2, 0.25) is 0 Å². The second kappa shape index (κ2) is 11.4. The SMILES string of the molecule is Cc1cccc(F)c1C(=O)N1C(c2ccc(NC3CCCC3)cc2)C(C(=O)Nc2cccnc2)C[C@@H]2CCC[C@@H]21. The first-order valence-corrected chi connectivity index (χ1v) is 14.6. The van der Waals surface area contributed by atoms with E-state index < -0.39 is 17.8 Å². The largest absolute Gasteiger partial charge is 0.382 e. The average Bonchev–Trinajstić information content (AvgIpc) is 3.65. The first-order valence-electron chi connectivity index (χ1n) is 14.6. The highest BCUT2D eigenvalue weighted by atomic mass is 19.1. The van der Waals surface area contributed by atoms with Crippen molar-refractivity contribution in [1.29, 1.82) is 0 Å². The molecule has 2 saturated carbocycles. The van der Waals surface area contributed by atoms with Crippen molar-refractivity contribution >= 4 is 23.2 Å². The van der Waals surface area contributed by atoms with E-state index in [0.29, 0.717) is 23.7 Å². The predicted octanol–water partition coefficient (Wildman–Crippen LogP) is 6.89. The van der Waals surface area contributed by atoms with Crippen LogP contribution < -0.4 is 10.6 Å². The molecule has 2 aliphatic carbocycles. The summed E-state index contributed by atoms with van der Waals surface area (Å²) in [6, 6.07) is 16.5. The van der Waals surface area contributed by atoms with Crippen molar-refractivity contribution in [2.45, 2.75) is 76.4 Å². The monoisotopic (exact) mass is 540 g/mol. The minimum atomic E-state index is -0.517. The number of aromatic nitrogens is 1. The van der Waals surface area contributed by atoms with Gasteiger partial charge in [0.15, 0.2) is 0 Å². The molecule has 40 heavy (non-hydrogen) atoms. The van der Waals surface area contributed by atoms with Crippen molar-refractivity contribution in [2.24, 2.45) is 11.8 Å². The smallest absolute Gasteiger partial charge is 0.257 e. The van der Waals surface area contributed by atoms with Crippen LogP contribution in [0.4, 0.5) is 15.8 Å². The second-order valence-corrected chi connectivity index (χ2v) is 11.7. The summed E-state index contributed by atoms with van der Waals surface area (Å²) in [6.07, 6.45) is 11.6. The third-order valence-electron chi connectivity index (χ3n) is 9.13. The molecule has 4 atom stereocenters. The summed E-state index contributed by atoms with van der Waals surface area (Å²) in [6.45, 7) is 1.78. The van der Waals surface area contributed by atoms with E-state index in [-0.39, 0.29) is 29.3 Å². The fourth-order valence-electron chi connectivity index (χ4n) is 7.22. The Morgan fingerprint density at radius 3 is 2.45 bits per heavy atom. The summed E-state index contributed by atoms with van der Waals surface area (Å²) in [5, 5.41) is 6.68. The van der Waals surface area contributed by atoms with Crippen LogP contribution >= 0.6 is 0 Å². The van der Waals surface area contributed by atoms with Gasteiger partial charge in [-0.2, -0.15) is 0 Å². The Hall–Kier alpha value is -3.74. The molecule has 7 heteroatoms. The molecule has 2 N–H and O–H groups in total. The van der Waals surface area contributed by atoms with Crippen molar-refractivity contribution in [1.82, 2.24) is 9.88 Å². The fourth-order valence-corrected chi connectivity index (χ4v) is 7.22. The number of piperidine rings is 1. The topological polar surface area (TPSA) is 74.3 Å². The summed E-state index contributed by atoms with van der Waals surface area (Å²) in [5.41, 5.74) is 3.28. The van der Waals surface area contributed by atoms with Crippen molar-refractivity contribution in [3.05, 3.63) is 89.5 Å². The molecule has 1 aromatic heterocycles. The number of hydrogen-bond acceptors (Lipinski definition) is 4. The van der Waals surface area contributed by atoms with Crippen LogP contribution in [0.5, 0.6) is 0 Å². The lowest BCUT2D eigenvalue weighted by atomic mass is 9.76. The molecule has 6 nitrogen and oxygen atoms in total. The molecular weight excluding hydrogens is 503 g/mol. The van der Waals surface area contributed by atoms with Gasteiger partial charge in [0, 0.05) is 24.0 Å². The summed E-state index contributed by atoms with van der Waals surface area (Å²) >= 11 is 0. The third kappa shape index (κ3) is 5.21. The molecule has 2 unspecified atom stereocenters. The number of amides is 2. The third-order valence-corrected chi connectivity index (χ3v) is 9.13. The standard InChI is InChI=1S/C33H37FN4O2/c1-21-7-4-12-28(34)30(21)33(40)38-29-13-5-8-23(29)19-27(32(39)37-26-11-6-18-35-20-26)31(38)22-14-16-25(17-15-22)36-24-9-2-3-10-24/h4,6-7,11-12,14-18,20,23-24,27,29,31,36H,2-3,5,8-10,13,19H2,1H3,(H,37,39)/t23-,27?,29-,31?/m0/s1. The van der Waals surface area contributed by atoms with E-state index in [1.54, 1.807) is 37.5 Å². The number of carbonyl (C=O) groups excluding carboxylic acids is 2. The van der Waals surface area contributed by atoms with E-state index in [1.165, 1.54) is 31.7 Å². The van der Waals surface area contributed by atoms with E-state index in [2.05, 4.69) is 27.8 Å². The number of carbonyl (C=O) groups is 2. The average molecular weight is 541 g/mol. The van der Waals surface area contributed by atoms with Crippen LogP contribution in [0, 0.1) is 24.6 Å². The number of hydrogen-bond donors (Lipinski definition) is 2. The molecule has 3 aromatic rings. The number of rotatable bonds is 6. The molecular formula is C33H37FN4O2. The van der Waals surface area contributed by atoms with Crippen molar-refractivity contribution in [2.75, 3.05) is 10.6 Å². The predicted molar refractivity (Wildman–Crippen MR) is 154 cm³/mol. The molecule has 2 amide bonds. The minimum Gasteiger partial charge on any atom is -0.382 e. The van der Waals surface area contributed by atoms with Crippen LogP contribution in [0.25, 0.3) is 0 Å². The minimum absolute atomic E-state index is 0.0322. The molecule has 0 spiro atoms. The van der Waals surface area contributed by atoms with Crippen LogP contribution in [-0.4, -0.2) is 33.8 Å². The van der Waals surface area contributed by atoms with Crippen molar-refractivity contribution in [3.63, 3.8) is 0 Å². The summed E-state index contributed by atoms with van der Waals surface area (Å²) in [4.78, 5) is 34.2. The lowest BCUT2D eigenvalue weighted by Crippen LogP contribution is -2.54. The van der Waals surface area contributed by atoms with Gasteiger partial charge in [0.25, 0.3) is 5.91 Å². The van der Waals surface area contributed by atoms with Crippen molar-refractivity contribution in [3.8, 4) is 0 Å². The van der Waals surface area contributed by atoms with Gasteiger partial charge in [0.2, 0.25) is 5.91 Å². The molecule has 208 valence electrons. The maximum absolute atomic E-state index is 15.2. The first-order chi connectivity index (χ1) is 19.5. The number of benzene rings is 2. The van der Waals surface area contributed by atoms with E-state index >= 15 is 4.39 Å². The Morgan fingerprint density at radius 2 is 1.73 bits per heavy atom. The number of aryl methyl sites for hydroxylation is 1. The molecule has 1 aliphatic heterocycles. The summed E-state index contributed by atoms with van der Waals surface area (Å²) in [7, 11) is 0. The van der Waals surface area contributed by atoms with E-state index in [0.717, 1.165) is 30.5 Å². The highest BCUT2D eigenvalue weighted by Crippen LogP contribution is 2.49. The summed E-state index contributed by atoms with van der Waals surface area (Å²) in [5.74, 6) is -1.27. The van der Waals surface area contributed by atoms with E-state index in [9.17, 15) is 9.59 Å². The number of fused-ring (bicyclic) bond motifs is 1. The number of likely N-dealkylation sites (tertiary alicyclic amines) is 1. The zero-order valence-corrected chi connectivity index (χ0v) is 23.0. The quantitative estimate of drug-likeness (QED) is 0.357. The van der Waals surface area contributed by atoms with Gasteiger partial charge in [0.1, 0.15) is 5.82 Å². The Kier molecular flexibility index (Phi) is 7.55. The Balaban J connectivity index is 1.40. The first kappa shape index (κ1) is 26.5. The van der Waals surface area contributed by atoms with Gasteiger partial charge in [-0.1, -0.05) is 43.5 Å². The number of halogens is 1. The molecule has 0 bridgehead atoms. The lowest BCUT2D eigenvalue weighted by molar-refractivity contribution is -0.125. The molecule has 6 rings (SSSR count). The van der Waals surface area contributed by atoms with Crippen LogP contribution in [0.1, 0.15) is 78.9 Å². The number of pyridine rings is 1. The zero-order valence-electron chi connectivity index (χ0n) is 23.0. The second-order valence-electron chi connectivity index (χ2n) is 11.7. The Morgan fingerprint density at radius 1 is 0.925 bits per heavy atom. The fraction of sp³-hybridized carbons (Fsp3) is 0.424. The van der Waals surface area contributed by atoms with Crippen LogP contribution in [0.3, 0.4) is 0 Å². The van der Waals surface area contributed by atoms with Gasteiger partial charge in [-0.15, -0.1) is 0 Å². The van der Waals surface area contributed by atoms with E-state index in [4.69, 9.17) is 0 Å². The van der Waals surface area contributed by atoms with Crippen LogP contribution in [0.15, 0.2) is 67.0 Å². The highest BCUT2D eigenvalue weighted by molar-refractivity contribution is 5.98. The van der Waals surface area contributed by atoms with Crippen molar-refractivity contribution < 1.29 is 14.0 Å². The molecule has 0 radical (unpaired) electrons. The maximum Gasteiger partial charge on any atom is 0.257 e. The highest BCUT2D eigenvalue weighted by Gasteiger charge is 2.50. The molecule has 2 heterocycles. The van der Waals surface area contributed by atoms with Gasteiger partial charge in [0.05, 0.1) is 29.4 Å². The molecule has 3 aliphatic rings. The number of anilines is 2. The summed E-state index contributed by atoms with van der Waals surface area (Å²) < 4.78 is 15.2. The Bertz CT molecular complexity index is 1340. The van der Waals surface area contributed by atoms with Gasteiger partial charge in [-0.3, -0.25) is 14.6 Å². The molecule has 3 fully saturated rings. The number of nitrogens with zero attached hydrogens (tertiary/aromatic N) is 2.